The van der Waals surface area contributed by atoms with Gasteiger partial charge < -0.3 is 15.1 Å². The topological polar surface area (TPSA) is 60.8 Å². The second kappa shape index (κ2) is 8.82. The lowest BCUT2D eigenvalue weighted by Crippen LogP contribution is -2.39. The molecule has 0 saturated carbocycles. The molecule has 0 atom stereocenters. The van der Waals surface area contributed by atoms with Crippen molar-refractivity contribution >= 4 is 23.2 Å². The smallest absolute Gasteiger partial charge is 0.243 e. The summed E-state index contributed by atoms with van der Waals surface area (Å²) in [6, 6.07) is 0. The first-order valence-electron chi connectivity index (χ1n) is 8.29. The van der Waals surface area contributed by atoms with Crippen molar-refractivity contribution in [3.8, 4) is 0 Å². The Balaban J connectivity index is 2.04. The number of nitrogens with one attached hydrogen (secondary N) is 1. The summed E-state index contributed by atoms with van der Waals surface area (Å²) in [5.41, 5.74) is 1.27. The molecule has 1 aromatic rings. The fourth-order valence-electron chi connectivity index (χ4n) is 2.51. The van der Waals surface area contributed by atoms with Gasteiger partial charge in [-0.1, -0.05) is 6.08 Å². The molecule has 132 valence electrons. The van der Waals surface area contributed by atoms with Gasteiger partial charge in [0.2, 0.25) is 5.91 Å². The number of amides is 1. The van der Waals surface area contributed by atoms with Gasteiger partial charge in [0.25, 0.3) is 0 Å². The van der Waals surface area contributed by atoms with Gasteiger partial charge in [-0.05, 0) is 25.7 Å². The van der Waals surface area contributed by atoms with E-state index in [0.717, 1.165) is 17.8 Å². The maximum atomic E-state index is 11.8. The van der Waals surface area contributed by atoms with Gasteiger partial charge in [-0.15, -0.1) is 17.9 Å². The van der Waals surface area contributed by atoms with Crippen LogP contribution in [-0.2, 0) is 24.2 Å². The molecule has 0 radical (unpaired) electrons. The maximum absolute atomic E-state index is 11.8. The standard InChI is InChI=1S/C17H27N5OS/c1-5-10-18-17(19-11-16(23)21(2)3)22(4)12-15-20-13-8-6-7-9-14(13)24-15/h5H,1,6-12H2,2-4H3,(H,18,19). The fourth-order valence-corrected chi connectivity index (χ4v) is 3.72. The van der Waals surface area contributed by atoms with Gasteiger partial charge in [0.1, 0.15) is 11.6 Å². The summed E-state index contributed by atoms with van der Waals surface area (Å²) in [5, 5.41) is 4.32. The number of guanidine groups is 1. The summed E-state index contributed by atoms with van der Waals surface area (Å²) >= 11 is 1.80. The Labute approximate surface area is 148 Å². The van der Waals surface area contributed by atoms with Crippen molar-refractivity contribution in [2.45, 2.75) is 32.2 Å². The van der Waals surface area contributed by atoms with Crippen LogP contribution in [0.15, 0.2) is 17.6 Å². The van der Waals surface area contributed by atoms with E-state index in [1.807, 2.05) is 11.9 Å². The molecular weight excluding hydrogens is 322 g/mol. The molecule has 0 aliphatic heterocycles. The molecule has 0 fully saturated rings. The zero-order chi connectivity index (χ0) is 17.5. The molecule has 2 rings (SSSR count). The van der Waals surface area contributed by atoms with Gasteiger partial charge in [0.05, 0.1) is 12.2 Å². The lowest BCUT2D eigenvalue weighted by molar-refractivity contribution is -0.127. The van der Waals surface area contributed by atoms with E-state index < -0.39 is 0 Å². The van der Waals surface area contributed by atoms with Crippen molar-refractivity contribution in [3.05, 3.63) is 28.2 Å². The molecular formula is C17H27N5OS. The van der Waals surface area contributed by atoms with E-state index >= 15 is 0 Å². The normalized spacial score (nSPS) is 14.0. The van der Waals surface area contributed by atoms with Crippen molar-refractivity contribution < 1.29 is 4.79 Å². The Morgan fingerprint density at radius 3 is 2.79 bits per heavy atom. The molecule has 1 amide bonds. The number of rotatable bonds is 6. The molecule has 1 aromatic heterocycles. The minimum absolute atomic E-state index is 0.0222. The van der Waals surface area contributed by atoms with Gasteiger partial charge >= 0.3 is 0 Å². The van der Waals surface area contributed by atoms with Gasteiger partial charge in [-0.25, -0.2) is 9.98 Å². The van der Waals surface area contributed by atoms with Crippen LogP contribution in [0.1, 0.15) is 28.4 Å². The Morgan fingerprint density at radius 1 is 1.38 bits per heavy atom. The van der Waals surface area contributed by atoms with Crippen LogP contribution in [-0.4, -0.2) is 60.9 Å². The number of aliphatic imine (C=N–C) groups is 1. The highest BCUT2D eigenvalue weighted by atomic mass is 32.1. The molecule has 1 heterocycles. The number of carbonyl (C=O) groups is 1. The highest BCUT2D eigenvalue weighted by Gasteiger charge is 2.17. The SMILES string of the molecule is C=CCNC(=NCC(=O)N(C)C)N(C)Cc1nc2c(s1)CCCC2. The first-order chi connectivity index (χ1) is 11.5. The molecule has 0 unspecified atom stereocenters. The van der Waals surface area contributed by atoms with Crippen molar-refractivity contribution in [1.82, 2.24) is 20.1 Å². The van der Waals surface area contributed by atoms with E-state index in [1.54, 1.807) is 36.4 Å². The number of hydrogen-bond acceptors (Lipinski definition) is 4. The summed E-state index contributed by atoms with van der Waals surface area (Å²) in [7, 11) is 5.44. The molecule has 1 aliphatic carbocycles. The number of aromatic nitrogens is 1. The molecule has 1 N–H and O–H groups in total. The van der Waals surface area contributed by atoms with Crippen LogP contribution in [0.25, 0.3) is 0 Å². The minimum atomic E-state index is -0.0222. The summed E-state index contributed by atoms with van der Waals surface area (Å²) < 4.78 is 0. The first-order valence-corrected chi connectivity index (χ1v) is 9.11. The first kappa shape index (κ1) is 18.4. The van der Waals surface area contributed by atoms with E-state index in [4.69, 9.17) is 4.98 Å². The molecule has 24 heavy (non-hydrogen) atoms. The third kappa shape index (κ3) is 5.06. The van der Waals surface area contributed by atoms with E-state index in [9.17, 15) is 4.79 Å². The lowest BCUT2D eigenvalue weighted by atomic mass is 10.0. The molecule has 0 bridgehead atoms. The van der Waals surface area contributed by atoms with Crippen molar-refractivity contribution in [1.29, 1.82) is 0 Å². The minimum Gasteiger partial charge on any atom is -0.353 e. The maximum Gasteiger partial charge on any atom is 0.243 e. The van der Waals surface area contributed by atoms with Gasteiger partial charge in [-0.3, -0.25) is 4.79 Å². The second-order valence-electron chi connectivity index (χ2n) is 6.14. The Kier molecular flexibility index (Phi) is 6.78. The average molecular weight is 350 g/mol. The van der Waals surface area contributed by atoms with Crippen LogP contribution >= 0.6 is 11.3 Å². The summed E-state index contributed by atoms with van der Waals surface area (Å²) in [4.78, 5) is 26.0. The number of likely N-dealkylation sites (N-methyl/N-ethyl adjacent to an activating group) is 1. The van der Waals surface area contributed by atoms with Gasteiger partial charge in [0, 0.05) is 32.6 Å². The monoisotopic (exact) mass is 349 g/mol. The van der Waals surface area contributed by atoms with Gasteiger partial charge in [-0.2, -0.15) is 0 Å². The van der Waals surface area contributed by atoms with Gasteiger partial charge in [0.15, 0.2) is 5.96 Å². The van der Waals surface area contributed by atoms with E-state index in [2.05, 4.69) is 16.9 Å². The predicted molar refractivity (Wildman–Crippen MR) is 99.4 cm³/mol. The van der Waals surface area contributed by atoms with Crippen LogP contribution in [0.4, 0.5) is 0 Å². The van der Waals surface area contributed by atoms with Crippen LogP contribution < -0.4 is 5.32 Å². The largest absolute Gasteiger partial charge is 0.353 e. The Morgan fingerprint density at radius 2 is 2.12 bits per heavy atom. The van der Waals surface area contributed by atoms with Crippen LogP contribution in [0, 0.1) is 0 Å². The molecule has 7 heteroatoms. The van der Waals surface area contributed by atoms with Crippen molar-refractivity contribution in [3.63, 3.8) is 0 Å². The zero-order valence-electron chi connectivity index (χ0n) is 14.8. The van der Waals surface area contributed by atoms with Crippen molar-refractivity contribution in [2.75, 3.05) is 34.2 Å². The van der Waals surface area contributed by atoms with Crippen LogP contribution in [0.5, 0.6) is 0 Å². The second-order valence-corrected chi connectivity index (χ2v) is 7.31. The zero-order valence-corrected chi connectivity index (χ0v) is 15.7. The molecule has 0 aromatic carbocycles. The van der Waals surface area contributed by atoms with Crippen LogP contribution in [0.3, 0.4) is 0 Å². The molecule has 6 nitrogen and oxygen atoms in total. The quantitative estimate of drug-likeness (QED) is 0.482. The highest BCUT2D eigenvalue weighted by molar-refractivity contribution is 7.11. The number of fused-ring (bicyclic) bond motifs is 1. The number of nitrogens with zero attached hydrogens (tertiary/aromatic N) is 4. The number of hydrogen-bond donors (Lipinski definition) is 1. The Bertz CT molecular complexity index is 585. The number of carbonyl (C=O) groups excluding carboxylic acids is 1. The van der Waals surface area contributed by atoms with E-state index in [1.165, 1.54) is 23.4 Å². The summed E-state index contributed by atoms with van der Waals surface area (Å²) in [6.45, 7) is 5.15. The average Bonchev–Trinajstić information content (AvgIpc) is 2.96. The third-order valence-corrected chi connectivity index (χ3v) is 5.03. The fraction of sp³-hybridized carbons (Fsp3) is 0.588. The molecule has 1 aliphatic rings. The molecule has 0 spiro atoms. The van der Waals surface area contributed by atoms with Crippen LogP contribution in [0.2, 0.25) is 0 Å². The highest BCUT2D eigenvalue weighted by Crippen LogP contribution is 2.27. The van der Waals surface area contributed by atoms with E-state index in [0.29, 0.717) is 19.0 Å². The summed E-state index contributed by atoms with van der Waals surface area (Å²) in [6.07, 6.45) is 6.54. The Hall–Kier alpha value is -1.89. The van der Waals surface area contributed by atoms with Crippen molar-refractivity contribution in [2.24, 2.45) is 4.99 Å². The third-order valence-electron chi connectivity index (χ3n) is 3.89. The van der Waals surface area contributed by atoms with E-state index in [-0.39, 0.29) is 12.5 Å². The number of aryl methyl sites for hydroxylation is 2. The lowest BCUT2D eigenvalue weighted by Gasteiger charge is -2.21. The number of thiazole rings is 1. The summed E-state index contributed by atoms with van der Waals surface area (Å²) in [5.74, 6) is 0.671. The molecule has 0 saturated heterocycles. The predicted octanol–water partition coefficient (Wildman–Crippen LogP) is 1.67.